The van der Waals surface area contributed by atoms with E-state index in [4.69, 9.17) is 4.74 Å². The van der Waals surface area contributed by atoms with Gasteiger partial charge in [-0.05, 0) is 55.5 Å². The monoisotopic (exact) mass is 397 g/mol. The van der Waals surface area contributed by atoms with E-state index in [0.717, 1.165) is 12.1 Å². The van der Waals surface area contributed by atoms with E-state index < -0.39 is 23.5 Å². The van der Waals surface area contributed by atoms with Crippen LogP contribution in [-0.2, 0) is 4.74 Å². The summed E-state index contributed by atoms with van der Waals surface area (Å²) >= 11 is 0. The number of benzene rings is 2. The molecule has 29 heavy (non-hydrogen) atoms. The minimum atomic E-state index is -0.868. The van der Waals surface area contributed by atoms with Crippen LogP contribution in [0.15, 0.2) is 60.8 Å². The molecule has 3 aromatic rings. The highest BCUT2D eigenvalue weighted by Crippen LogP contribution is 2.19. The van der Waals surface area contributed by atoms with Gasteiger partial charge in [0.05, 0.1) is 17.9 Å². The van der Waals surface area contributed by atoms with Gasteiger partial charge in [-0.15, -0.1) is 0 Å². The van der Waals surface area contributed by atoms with Crippen molar-refractivity contribution in [3.05, 3.63) is 83.6 Å². The molecule has 1 aromatic heterocycles. The number of anilines is 3. The first kappa shape index (κ1) is 19.9. The maximum Gasteiger partial charge on any atom is 0.338 e. The van der Waals surface area contributed by atoms with Gasteiger partial charge in [0, 0.05) is 23.5 Å². The van der Waals surface area contributed by atoms with Gasteiger partial charge in [0.25, 0.3) is 5.91 Å². The summed E-state index contributed by atoms with van der Waals surface area (Å²) in [6.07, 6.45) is 1.42. The van der Waals surface area contributed by atoms with E-state index >= 15 is 0 Å². The molecule has 0 bridgehead atoms. The summed E-state index contributed by atoms with van der Waals surface area (Å²) in [7, 11) is 0. The highest BCUT2D eigenvalue weighted by molar-refractivity contribution is 6.04. The minimum absolute atomic E-state index is 0.128. The number of halogens is 2. The number of nitrogens with zero attached hydrogens (tertiary/aromatic N) is 1. The molecule has 0 aliphatic carbocycles. The first-order valence-electron chi connectivity index (χ1n) is 8.73. The van der Waals surface area contributed by atoms with E-state index in [1.807, 2.05) is 0 Å². The Kier molecular flexibility index (Phi) is 6.13. The number of amides is 1. The summed E-state index contributed by atoms with van der Waals surface area (Å²) in [4.78, 5) is 28.2. The zero-order chi connectivity index (χ0) is 20.8. The molecular weight excluding hydrogens is 380 g/mol. The summed E-state index contributed by atoms with van der Waals surface area (Å²) in [5, 5.41) is 5.40. The van der Waals surface area contributed by atoms with Crippen molar-refractivity contribution in [3.8, 4) is 0 Å². The summed E-state index contributed by atoms with van der Waals surface area (Å²) < 4.78 is 31.6. The smallest absolute Gasteiger partial charge is 0.338 e. The fraction of sp³-hybridized carbons (Fsp3) is 0.0952. The zero-order valence-corrected chi connectivity index (χ0v) is 15.4. The number of aromatic nitrogens is 1. The van der Waals surface area contributed by atoms with Crippen LogP contribution < -0.4 is 10.6 Å². The Morgan fingerprint density at radius 3 is 2.45 bits per heavy atom. The van der Waals surface area contributed by atoms with Crippen LogP contribution in [0.2, 0.25) is 0 Å². The number of hydrogen-bond acceptors (Lipinski definition) is 5. The number of hydrogen-bond donors (Lipinski definition) is 2. The molecule has 6 nitrogen and oxygen atoms in total. The maximum atomic E-state index is 13.7. The van der Waals surface area contributed by atoms with Crippen LogP contribution in [0.3, 0.4) is 0 Å². The highest BCUT2D eigenvalue weighted by Gasteiger charge is 2.11. The quantitative estimate of drug-likeness (QED) is 0.598. The molecule has 0 radical (unpaired) electrons. The van der Waals surface area contributed by atoms with Crippen LogP contribution in [0.1, 0.15) is 27.6 Å². The molecule has 0 aliphatic rings. The fourth-order valence-corrected chi connectivity index (χ4v) is 2.48. The molecule has 0 atom stereocenters. The lowest BCUT2D eigenvalue weighted by molar-refractivity contribution is 0.0526. The van der Waals surface area contributed by atoms with Gasteiger partial charge in [0.1, 0.15) is 17.5 Å². The highest BCUT2D eigenvalue weighted by atomic mass is 19.1. The molecule has 0 aliphatic heterocycles. The van der Waals surface area contributed by atoms with E-state index in [1.54, 1.807) is 31.2 Å². The van der Waals surface area contributed by atoms with Crippen molar-refractivity contribution in [1.29, 1.82) is 0 Å². The summed E-state index contributed by atoms with van der Waals surface area (Å²) in [5.41, 5.74) is 1.17. The van der Waals surface area contributed by atoms with Crippen molar-refractivity contribution < 1.29 is 23.1 Å². The third-order valence-electron chi connectivity index (χ3n) is 3.87. The van der Waals surface area contributed by atoms with Gasteiger partial charge >= 0.3 is 5.97 Å². The van der Waals surface area contributed by atoms with E-state index in [0.29, 0.717) is 29.7 Å². The maximum absolute atomic E-state index is 13.7. The molecule has 0 saturated heterocycles. The zero-order valence-electron chi connectivity index (χ0n) is 15.4. The van der Waals surface area contributed by atoms with Crippen LogP contribution in [0.4, 0.5) is 26.0 Å². The molecule has 148 valence electrons. The fourth-order valence-electron chi connectivity index (χ4n) is 2.48. The Hall–Kier alpha value is -3.81. The Labute approximate surface area is 165 Å². The van der Waals surface area contributed by atoms with Gasteiger partial charge in [0.2, 0.25) is 0 Å². The molecule has 0 saturated carbocycles. The molecular formula is C21H17F2N3O3. The van der Waals surface area contributed by atoms with Crippen LogP contribution in [0.5, 0.6) is 0 Å². The average molecular weight is 397 g/mol. The van der Waals surface area contributed by atoms with Gasteiger partial charge in [-0.1, -0.05) is 0 Å². The molecule has 1 amide bonds. The number of nitrogens with one attached hydrogen (secondary N) is 2. The van der Waals surface area contributed by atoms with Crippen LogP contribution in [-0.4, -0.2) is 23.5 Å². The van der Waals surface area contributed by atoms with Gasteiger partial charge in [-0.3, -0.25) is 4.79 Å². The largest absolute Gasteiger partial charge is 0.462 e. The first-order valence-corrected chi connectivity index (χ1v) is 8.73. The molecule has 1 heterocycles. The van der Waals surface area contributed by atoms with Gasteiger partial charge in [0.15, 0.2) is 0 Å². The normalized spacial score (nSPS) is 10.3. The van der Waals surface area contributed by atoms with Crippen molar-refractivity contribution >= 4 is 29.1 Å². The van der Waals surface area contributed by atoms with E-state index in [2.05, 4.69) is 15.6 Å². The topological polar surface area (TPSA) is 80.3 Å². The molecule has 2 N–H and O–H groups in total. The van der Waals surface area contributed by atoms with Gasteiger partial charge in [-0.25, -0.2) is 18.6 Å². The first-order chi connectivity index (χ1) is 14.0. The molecule has 2 aromatic carbocycles. The Morgan fingerprint density at radius 2 is 1.76 bits per heavy atom. The lowest BCUT2D eigenvalue weighted by Crippen LogP contribution is -2.13. The van der Waals surface area contributed by atoms with Crippen molar-refractivity contribution in [2.45, 2.75) is 6.92 Å². The molecule has 0 fully saturated rings. The number of pyridine rings is 1. The predicted molar refractivity (Wildman–Crippen MR) is 104 cm³/mol. The van der Waals surface area contributed by atoms with Crippen molar-refractivity contribution in [3.63, 3.8) is 0 Å². The predicted octanol–water partition coefficient (Wildman–Crippen LogP) is 4.53. The van der Waals surface area contributed by atoms with Crippen molar-refractivity contribution in [2.75, 3.05) is 17.2 Å². The summed E-state index contributed by atoms with van der Waals surface area (Å²) in [6, 6.07) is 12.4. The Bertz CT molecular complexity index is 1040. The Balaban J connectivity index is 1.70. The van der Waals surface area contributed by atoms with Gasteiger partial charge < -0.3 is 15.4 Å². The van der Waals surface area contributed by atoms with Crippen LogP contribution in [0.25, 0.3) is 0 Å². The number of ether oxygens (including phenoxy) is 1. The third-order valence-corrected chi connectivity index (χ3v) is 3.87. The van der Waals surface area contributed by atoms with E-state index in [-0.39, 0.29) is 11.3 Å². The van der Waals surface area contributed by atoms with Crippen LogP contribution in [0, 0.1) is 11.6 Å². The van der Waals surface area contributed by atoms with E-state index in [9.17, 15) is 18.4 Å². The molecule has 0 unspecified atom stereocenters. The minimum Gasteiger partial charge on any atom is -0.462 e. The standard InChI is InChI=1S/C21H17F2N3O3/c1-2-29-21(28)13-3-6-16(7-4-13)25-19-11-14(9-10-24-19)20(27)26-18-8-5-15(22)12-17(18)23/h3-12H,2H2,1H3,(H,24,25)(H,26,27). The summed E-state index contributed by atoms with van der Waals surface area (Å²) in [6.45, 7) is 2.02. The number of carbonyl (C=O) groups is 2. The Morgan fingerprint density at radius 1 is 1.00 bits per heavy atom. The number of rotatable bonds is 6. The van der Waals surface area contributed by atoms with Crippen molar-refractivity contribution in [1.82, 2.24) is 4.98 Å². The van der Waals surface area contributed by atoms with Crippen molar-refractivity contribution in [2.24, 2.45) is 0 Å². The third kappa shape index (κ3) is 5.13. The van der Waals surface area contributed by atoms with Crippen LogP contribution >= 0.6 is 0 Å². The molecule has 3 rings (SSSR count). The second-order valence-electron chi connectivity index (χ2n) is 5.93. The average Bonchev–Trinajstić information content (AvgIpc) is 2.71. The SMILES string of the molecule is CCOC(=O)c1ccc(Nc2cc(C(=O)Nc3ccc(F)cc3F)ccn2)cc1. The molecule has 8 heteroatoms. The summed E-state index contributed by atoms with van der Waals surface area (Å²) in [5.74, 6) is -2.21. The molecule has 0 spiro atoms. The van der Waals surface area contributed by atoms with Gasteiger partial charge in [-0.2, -0.15) is 0 Å². The lowest BCUT2D eigenvalue weighted by atomic mass is 10.2. The number of esters is 1. The van der Waals surface area contributed by atoms with E-state index in [1.165, 1.54) is 18.3 Å². The number of carbonyl (C=O) groups excluding carboxylic acids is 2. The lowest BCUT2D eigenvalue weighted by Gasteiger charge is -2.09. The second kappa shape index (κ2) is 8.92. The second-order valence-corrected chi connectivity index (χ2v) is 5.93.